The molecule has 32 heavy (non-hydrogen) atoms. The molecule has 2 heterocycles. The minimum absolute atomic E-state index is 0.0212. The maximum Gasteiger partial charge on any atom is 0.273 e. The zero-order valence-electron chi connectivity index (χ0n) is 17.2. The van der Waals surface area contributed by atoms with Gasteiger partial charge in [-0.05, 0) is 48.6 Å². The maximum atomic E-state index is 13.7. The zero-order valence-corrected chi connectivity index (χ0v) is 18.0. The van der Waals surface area contributed by atoms with E-state index in [2.05, 4.69) is 9.69 Å². The van der Waals surface area contributed by atoms with E-state index in [4.69, 9.17) is 15.9 Å². The summed E-state index contributed by atoms with van der Waals surface area (Å²) >= 11 is 0.766. The minimum atomic E-state index is -1.08. The van der Waals surface area contributed by atoms with Gasteiger partial charge in [0.05, 0.1) is 12.0 Å². The van der Waals surface area contributed by atoms with Crippen LogP contribution < -0.4 is 21.7 Å². The van der Waals surface area contributed by atoms with Gasteiger partial charge in [0, 0.05) is 11.7 Å². The fourth-order valence-electron chi connectivity index (χ4n) is 3.88. The zero-order chi connectivity index (χ0) is 22.7. The molecule has 4 rings (SSSR count). The summed E-state index contributed by atoms with van der Waals surface area (Å²) in [6.45, 7) is 0. The second-order valence-corrected chi connectivity index (χ2v) is 8.33. The molecule has 1 unspecified atom stereocenters. The number of aromatic nitrogens is 1. The molecule has 0 spiro atoms. The van der Waals surface area contributed by atoms with Gasteiger partial charge in [-0.3, -0.25) is 19.3 Å². The van der Waals surface area contributed by atoms with Crippen LogP contribution in [0.1, 0.15) is 57.6 Å². The highest BCUT2D eigenvalue weighted by Crippen LogP contribution is 2.33. The molecule has 1 atom stereocenters. The average molecular weight is 454 g/mol. The number of benzene rings is 1. The van der Waals surface area contributed by atoms with Crippen molar-refractivity contribution in [1.29, 1.82) is 0 Å². The summed E-state index contributed by atoms with van der Waals surface area (Å²) in [5.41, 5.74) is 11.5. The highest BCUT2D eigenvalue weighted by Gasteiger charge is 2.38. The van der Waals surface area contributed by atoms with Crippen molar-refractivity contribution in [1.82, 2.24) is 9.69 Å². The Bertz CT molecular complexity index is 1110. The number of hydrogen-bond donors (Lipinski definition) is 3. The number of carbonyl (C=O) groups excluding carboxylic acids is 3. The Kier molecular flexibility index (Phi) is 6.22. The lowest BCUT2D eigenvalue weighted by atomic mass is 10.1. The molecule has 5 N–H and O–H groups in total. The molecule has 3 amide bonds. The van der Waals surface area contributed by atoms with Gasteiger partial charge in [0.15, 0.2) is 11.7 Å². The molecule has 1 aromatic carbocycles. The molecule has 0 saturated heterocycles. The van der Waals surface area contributed by atoms with E-state index in [1.807, 2.05) is 0 Å². The molecule has 1 aliphatic carbocycles. The number of nitrogen functional groups attached to an aromatic ring is 1. The molecule has 10 heteroatoms. The van der Waals surface area contributed by atoms with Crippen molar-refractivity contribution >= 4 is 40.6 Å². The number of amides is 3. The van der Waals surface area contributed by atoms with E-state index in [1.165, 1.54) is 11.2 Å². The molecule has 0 radical (unpaired) electrons. The highest BCUT2D eigenvalue weighted by molar-refractivity contribution is 7.09. The van der Waals surface area contributed by atoms with Crippen LogP contribution in [0.5, 0.6) is 0 Å². The highest BCUT2D eigenvalue weighted by atomic mass is 32.1. The van der Waals surface area contributed by atoms with E-state index >= 15 is 0 Å². The summed E-state index contributed by atoms with van der Waals surface area (Å²) in [6, 6.07) is 11.0. The van der Waals surface area contributed by atoms with Gasteiger partial charge in [-0.25, -0.2) is 0 Å². The third-order valence-electron chi connectivity index (χ3n) is 5.43. The second kappa shape index (κ2) is 9.23. The van der Waals surface area contributed by atoms with Gasteiger partial charge in [0.25, 0.3) is 17.7 Å². The van der Waals surface area contributed by atoms with Gasteiger partial charge in [-0.2, -0.15) is 4.37 Å². The number of primary amides is 1. The fourth-order valence-corrected chi connectivity index (χ4v) is 4.62. The molecule has 166 valence electrons. The average Bonchev–Trinajstić information content (AvgIpc) is 3.54. The van der Waals surface area contributed by atoms with Crippen molar-refractivity contribution in [2.45, 2.75) is 37.8 Å². The Morgan fingerprint density at radius 3 is 2.44 bits per heavy atom. The van der Waals surface area contributed by atoms with Crippen molar-refractivity contribution in [3.8, 4) is 0 Å². The Labute approximate surface area is 188 Å². The quantitative estimate of drug-likeness (QED) is 0.502. The number of nitrogens with zero attached hydrogens (tertiary/aromatic N) is 2. The number of furan rings is 1. The summed E-state index contributed by atoms with van der Waals surface area (Å²) in [5.74, 6) is -1.47. The summed E-state index contributed by atoms with van der Waals surface area (Å²) in [6.07, 6.45) is 5.32. The van der Waals surface area contributed by atoms with E-state index in [0.717, 1.165) is 37.2 Å². The van der Waals surface area contributed by atoms with Crippen LogP contribution in [0.4, 0.5) is 11.4 Å². The van der Waals surface area contributed by atoms with Crippen molar-refractivity contribution in [2.24, 2.45) is 5.73 Å². The van der Waals surface area contributed by atoms with E-state index in [9.17, 15) is 14.4 Å². The first-order chi connectivity index (χ1) is 15.5. The number of para-hydroxylation sites is 1. The van der Waals surface area contributed by atoms with Gasteiger partial charge in [-0.15, -0.1) is 0 Å². The Balaban J connectivity index is 1.79. The predicted molar refractivity (Wildman–Crippen MR) is 120 cm³/mol. The lowest BCUT2D eigenvalue weighted by Gasteiger charge is -2.30. The van der Waals surface area contributed by atoms with Crippen LogP contribution in [0.3, 0.4) is 0 Å². The van der Waals surface area contributed by atoms with E-state index < -0.39 is 17.9 Å². The first-order valence-electron chi connectivity index (χ1n) is 10.2. The number of anilines is 2. The molecular weight excluding hydrogens is 430 g/mol. The van der Waals surface area contributed by atoms with Gasteiger partial charge in [0.1, 0.15) is 10.6 Å². The number of nitrogens with one attached hydrogen (secondary N) is 1. The van der Waals surface area contributed by atoms with Crippen LogP contribution in [0.25, 0.3) is 0 Å². The summed E-state index contributed by atoms with van der Waals surface area (Å²) in [7, 11) is 0. The summed E-state index contributed by atoms with van der Waals surface area (Å²) < 4.78 is 9.50. The Hall–Kier alpha value is -3.66. The minimum Gasteiger partial charge on any atom is -0.467 e. The van der Waals surface area contributed by atoms with Crippen molar-refractivity contribution in [2.75, 3.05) is 10.6 Å². The molecule has 0 bridgehead atoms. The number of nitrogens with two attached hydrogens (primary N) is 2. The van der Waals surface area contributed by atoms with E-state index in [1.54, 1.807) is 42.5 Å². The van der Waals surface area contributed by atoms with Crippen LogP contribution in [-0.2, 0) is 4.79 Å². The van der Waals surface area contributed by atoms with Crippen LogP contribution in [0.15, 0.2) is 53.1 Å². The normalized spacial score (nSPS) is 14.8. The standard InChI is InChI=1S/C22H23N5O4S/c23-16-17(20(24)28)26-32-19(16)22(30)27(14-9-2-1-3-10-14)18(15-11-6-12-31-15)21(29)25-13-7-4-5-8-13/h1-3,6,9-13,18H,4-5,7-8,23H2,(H2,24,28)(H,25,29). The first-order valence-corrected chi connectivity index (χ1v) is 11.0. The third-order valence-corrected chi connectivity index (χ3v) is 6.28. The van der Waals surface area contributed by atoms with Crippen molar-refractivity contribution in [3.05, 3.63) is 65.1 Å². The van der Waals surface area contributed by atoms with E-state index in [-0.39, 0.29) is 28.2 Å². The molecule has 1 aliphatic rings. The largest absolute Gasteiger partial charge is 0.467 e. The molecule has 3 aromatic rings. The fraction of sp³-hybridized carbons (Fsp3) is 0.273. The molecule has 9 nitrogen and oxygen atoms in total. The lowest BCUT2D eigenvalue weighted by Crippen LogP contribution is -2.46. The maximum absolute atomic E-state index is 13.7. The third kappa shape index (κ3) is 4.22. The topological polar surface area (TPSA) is 145 Å². The number of hydrogen-bond acceptors (Lipinski definition) is 7. The van der Waals surface area contributed by atoms with Gasteiger partial charge in [-0.1, -0.05) is 31.0 Å². The van der Waals surface area contributed by atoms with Crippen LogP contribution in [0.2, 0.25) is 0 Å². The van der Waals surface area contributed by atoms with Crippen molar-refractivity contribution in [3.63, 3.8) is 0 Å². The molecule has 2 aromatic heterocycles. The first kappa shape index (κ1) is 21.6. The summed E-state index contributed by atoms with van der Waals surface area (Å²) in [4.78, 5) is 40.1. The lowest BCUT2D eigenvalue weighted by molar-refractivity contribution is -0.123. The molecule has 1 fully saturated rings. The van der Waals surface area contributed by atoms with Gasteiger partial charge >= 0.3 is 0 Å². The summed E-state index contributed by atoms with van der Waals surface area (Å²) in [5, 5.41) is 3.05. The van der Waals surface area contributed by atoms with Gasteiger partial charge < -0.3 is 21.2 Å². The number of rotatable bonds is 7. The van der Waals surface area contributed by atoms with E-state index in [0.29, 0.717) is 11.4 Å². The molecule has 1 saturated carbocycles. The van der Waals surface area contributed by atoms with Gasteiger partial charge in [0.2, 0.25) is 0 Å². The predicted octanol–water partition coefficient (Wildman–Crippen LogP) is 2.86. The molecule has 0 aliphatic heterocycles. The second-order valence-electron chi connectivity index (χ2n) is 7.56. The smallest absolute Gasteiger partial charge is 0.273 e. The van der Waals surface area contributed by atoms with Crippen LogP contribution >= 0.6 is 11.5 Å². The van der Waals surface area contributed by atoms with Crippen molar-refractivity contribution < 1.29 is 18.8 Å². The monoisotopic (exact) mass is 453 g/mol. The van der Waals surface area contributed by atoms with Crippen LogP contribution in [0, 0.1) is 0 Å². The van der Waals surface area contributed by atoms with Crippen LogP contribution in [-0.4, -0.2) is 28.1 Å². The molecular formula is C22H23N5O4S. The number of carbonyl (C=O) groups is 3. The SMILES string of the molecule is NC(=O)c1nsc(C(=O)N(c2ccccc2)C(C(=O)NC2CCCC2)c2ccco2)c1N. The Morgan fingerprint density at radius 2 is 1.84 bits per heavy atom. The Morgan fingerprint density at radius 1 is 1.12 bits per heavy atom.